The van der Waals surface area contributed by atoms with Gasteiger partial charge in [0.15, 0.2) is 5.78 Å². The third kappa shape index (κ3) is 14.4. The number of cyclic esters (lactones) is 1. The van der Waals surface area contributed by atoms with Gasteiger partial charge >= 0.3 is 5.97 Å². The lowest BCUT2D eigenvalue weighted by molar-refractivity contribution is -0.265. The quantitative estimate of drug-likeness (QED) is 0.155. The van der Waals surface area contributed by atoms with Crippen LogP contribution in [0.4, 0.5) is 0 Å². The van der Waals surface area contributed by atoms with E-state index in [0.29, 0.717) is 56.8 Å². The maximum absolute atomic E-state index is 14.4. The minimum atomic E-state index is -2.39. The van der Waals surface area contributed by atoms with Crippen LogP contribution in [-0.2, 0) is 47.7 Å². The van der Waals surface area contributed by atoms with Crippen LogP contribution in [0.15, 0.2) is 47.6 Å². The number of hydrogen-bond donors (Lipinski definition) is 1. The normalized spacial score (nSPS) is 40.4. The number of rotatable bonds is 6. The van der Waals surface area contributed by atoms with Crippen molar-refractivity contribution in [2.24, 2.45) is 47.3 Å². The van der Waals surface area contributed by atoms with Gasteiger partial charge in [0, 0.05) is 64.4 Å². The lowest BCUT2D eigenvalue weighted by Gasteiger charge is -2.42. The van der Waals surface area contributed by atoms with Crippen LogP contribution in [0.3, 0.4) is 0 Å². The summed E-state index contributed by atoms with van der Waals surface area (Å²) >= 11 is 0. The van der Waals surface area contributed by atoms with Gasteiger partial charge in [-0.2, -0.15) is 0 Å². The molecule has 366 valence electrons. The van der Waals surface area contributed by atoms with Gasteiger partial charge in [-0.05, 0) is 107 Å². The van der Waals surface area contributed by atoms with Crippen molar-refractivity contribution < 1.29 is 52.8 Å². The zero-order valence-electron chi connectivity index (χ0n) is 41.7. The first kappa shape index (κ1) is 54.3. The monoisotopic (exact) mass is 910 g/mol. The molecule has 0 aromatic carbocycles. The molecular weight excluding hydrogens is 827 g/mol. The topological polar surface area (TPSA) is 155 Å². The third-order valence-electron chi connectivity index (χ3n) is 15.3. The van der Waals surface area contributed by atoms with Crippen LogP contribution in [0.1, 0.15) is 139 Å². The predicted molar refractivity (Wildman–Crippen MR) is 251 cm³/mol. The molecule has 2 saturated heterocycles. The summed E-state index contributed by atoms with van der Waals surface area (Å²) < 4.78 is 30.1. The molecule has 4 rings (SSSR count). The second-order valence-corrected chi connectivity index (χ2v) is 20.3. The van der Waals surface area contributed by atoms with Crippen LogP contribution in [-0.4, -0.2) is 109 Å². The first-order valence-electron chi connectivity index (χ1n) is 24.6. The largest absolute Gasteiger partial charge is 0.460 e. The molecule has 3 aliphatic heterocycles. The number of ketones is 3. The molecule has 1 amide bonds. The first-order valence-corrected chi connectivity index (χ1v) is 24.6. The average molecular weight is 910 g/mol. The van der Waals surface area contributed by atoms with Crippen molar-refractivity contribution in [3.05, 3.63) is 47.6 Å². The van der Waals surface area contributed by atoms with Crippen LogP contribution < -0.4 is 0 Å². The van der Waals surface area contributed by atoms with Crippen LogP contribution in [0.5, 0.6) is 0 Å². The summed E-state index contributed by atoms with van der Waals surface area (Å²) in [4.78, 5) is 72.3. The second kappa shape index (κ2) is 25.2. The summed E-state index contributed by atoms with van der Waals surface area (Å²) in [6.45, 7) is 17.7. The van der Waals surface area contributed by atoms with Crippen molar-refractivity contribution in [1.29, 1.82) is 0 Å². The number of Topliss-reactive ketones (excluding diaryl/α,β-unsaturated/α-hetero) is 3. The van der Waals surface area contributed by atoms with Crippen molar-refractivity contribution in [1.82, 2.24) is 4.90 Å². The maximum atomic E-state index is 14.4. The van der Waals surface area contributed by atoms with Crippen molar-refractivity contribution in [2.75, 3.05) is 27.9 Å². The predicted octanol–water partition coefficient (Wildman–Crippen LogP) is 8.73. The second-order valence-electron chi connectivity index (χ2n) is 20.3. The lowest BCUT2D eigenvalue weighted by Crippen LogP contribution is -2.61. The number of allylic oxidation sites excluding steroid dienone is 6. The van der Waals surface area contributed by atoms with Gasteiger partial charge < -0.3 is 33.7 Å². The number of aliphatic hydroxyl groups is 1. The van der Waals surface area contributed by atoms with Gasteiger partial charge in [-0.3, -0.25) is 19.2 Å². The minimum Gasteiger partial charge on any atom is -0.460 e. The average Bonchev–Trinajstić information content (AvgIpc) is 3.28. The fourth-order valence-electron chi connectivity index (χ4n) is 10.6. The number of amides is 1. The molecule has 0 spiro atoms. The van der Waals surface area contributed by atoms with Gasteiger partial charge in [0.25, 0.3) is 11.7 Å². The number of hydrogen-bond acceptors (Lipinski definition) is 11. The summed E-state index contributed by atoms with van der Waals surface area (Å²) in [7, 11) is 4.90. The highest BCUT2D eigenvalue weighted by molar-refractivity contribution is 6.39. The summed E-state index contributed by atoms with van der Waals surface area (Å²) in [6, 6.07) is -1.07. The highest BCUT2D eigenvalue weighted by atomic mass is 16.6. The van der Waals surface area contributed by atoms with Gasteiger partial charge in [-0.1, -0.05) is 90.5 Å². The molecule has 1 saturated carbocycles. The smallest absolute Gasteiger partial charge is 0.329 e. The van der Waals surface area contributed by atoms with Crippen molar-refractivity contribution in [3.63, 3.8) is 0 Å². The zero-order valence-corrected chi connectivity index (χ0v) is 41.7. The Hall–Kier alpha value is -3.29. The zero-order chi connectivity index (χ0) is 48.2. The van der Waals surface area contributed by atoms with E-state index in [9.17, 15) is 29.1 Å². The number of nitrogens with zero attached hydrogens (tertiary/aromatic N) is 1. The molecular formula is C53H83NO11. The number of carbonyl (C=O) groups is 5. The van der Waals surface area contributed by atoms with Gasteiger partial charge in [-0.15, -0.1) is 0 Å². The van der Waals surface area contributed by atoms with E-state index >= 15 is 0 Å². The SMILES string of the molecule is COC1CC2CC[C@@H](C)[C@@](O)(O2)C(=O)C(=O)N2CCCC[C@H]2C(=O)OC(C(C)CC2CC[C@@H](C)C(OC)C2)CC(=O)C(C)/C=C(\C)[C@@H](C)C(OC)C(=O)[C@H](C)CC(C)/C=C/C=C/C=C/1C. The molecule has 0 radical (unpaired) electrons. The number of ether oxygens (including phenoxy) is 5. The van der Waals surface area contributed by atoms with E-state index in [2.05, 4.69) is 19.9 Å². The summed E-state index contributed by atoms with van der Waals surface area (Å²) in [6.07, 6.45) is 16.4. The molecule has 12 nitrogen and oxygen atoms in total. The Morgan fingerprint density at radius 1 is 0.831 bits per heavy atom. The van der Waals surface area contributed by atoms with E-state index in [1.165, 1.54) is 4.90 Å². The Morgan fingerprint density at radius 2 is 1.55 bits per heavy atom. The van der Waals surface area contributed by atoms with Crippen LogP contribution in [0.2, 0.25) is 0 Å². The Bertz CT molecular complexity index is 1750. The minimum absolute atomic E-state index is 0.0102. The molecule has 3 heterocycles. The molecule has 0 aromatic heterocycles. The fraction of sp³-hybridized carbons (Fsp3) is 0.755. The highest BCUT2D eigenvalue weighted by Crippen LogP contribution is 2.38. The number of methoxy groups -OCH3 is 3. The molecule has 2 bridgehead atoms. The maximum Gasteiger partial charge on any atom is 0.329 e. The number of esters is 1. The summed E-state index contributed by atoms with van der Waals surface area (Å²) in [5.41, 5.74) is 1.77. The Morgan fingerprint density at radius 3 is 2.23 bits per heavy atom. The molecule has 1 aliphatic carbocycles. The van der Waals surface area contributed by atoms with E-state index in [4.69, 9.17) is 23.7 Å². The molecule has 3 fully saturated rings. The van der Waals surface area contributed by atoms with E-state index in [1.807, 2.05) is 71.9 Å². The van der Waals surface area contributed by atoms with E-state index in [-0.39, 0.29) is 66.8 Å². The number of carbonyl (C=O) groups excluding carboxylic acids is 5. The number of fused-ring (bicyclic) bond motifs is 3. The molecule has 12 heteroatoms. The van der Waals surface area contributed by atoms with E-state index in [0.717, 1.165) is 30.4 Å². The lowest BCUT2D eigenvalue weighted by atomic mass is 9.76. The van der Waals surface area contributed by atoms with E-state index in [1.54, 1.807) is 28.3 Å². The fourth-order valence-corrected chi connectivity index (χ4v) is 10.6. The van der Waals surface area contributed by atoms with Crippen molar-refractivity contribution in [3.8, 4) is 0 Å². The van der Waals surface area contributed by atoms with Crippen molar-refractivity contribution in [2.45, 2.75) is 182 Å². The Balaban J connectivity index is 1.70. The molecule has 1 N–H and O–H groups in total. The van der Waals surface area contributed by atoms with Gasteiger partial charge in [0.1, 0.15) is 24.0 Å². The third-order valence-corrected chi connectivity index (χ3v) is 15.3. The van der Waals surface area contributed by atoms with Crippen LogP contribution in [0, 0.1) is 47.3 Å². The summed E-state index contributed by atoms with van der Waals surface area (Å²) in [5, 5.41) is 12.0. The molecule has 65 heavy (non-hydrogen) atoms. The van der Waals surface area contributed by atoms with Crippen molar-refractivity contribution >= 4 is 29.2 Å². The van der Waals surface area contributed by atoms with Crippen LogP contribution >= 0.6 is 0 Å². The van der Waals surface area contributed by atoms with E-state index < -0.39 is 59.6 Å². The summed E-state index contributed by atoms with van der Waals surface area (Å²) in [5.74, 6) is -6.38. The van der Waals surface area contributed by atoms with Gasteiger partial charge in [0.05, 0.1) is 18.3 Å². The van der Waals surface area contributed by atoms with Crippen LogP contribution in [0.25, 0.3) is 0 Å². The van der Waals surface area contributed by atoms with Gasteiger partial charge in [-0.25, -0.2) is 4.79 Å². The Kier molecular flexibility index (Phi) is 21.0. The highest BCUT2D eigenvalue weighted by Gasteiger charge is 2.53. The number of piperidine rings is 1. The standard InChI is InChI=1S/C53H83NO11/c1-32-18-14-13-15-19-33(2)46(62-11)30-42-24-22-39(8)53(60,65-42)50(57)51(58)54-25-17-16-20-43(54)52(59)64-47(37(6)28-41-23-21-34(3)45(29-41)61-10)31-44(55)36(5)27-35(4)40(9)49(63-12)48(56)38(7)26-32/h13-15,18-19,27,32,34,36-43,45-47,49,60H,16-17,20-26,28-31H2,1-12H3/b15-13+,18-14+,33-19+,35-27+/t32?,34-,36?,37?,38-,39-,40-,41?,42?,43+,45?,46?,47?,49?,53-/m1/s1. The Labute approximate surface area is 390 Å². The molecule has 0 aromatic rings. The molecule has 15 atom stereocenters. The molecule has 4 aliphatic rings. The molecule has 9 unspecified atom stereocenters. The first-order chi connectivity index (χ1) is 30.7. The van der Waals surface area contributed by atoms with Gasteiger partial charge in [0.2, 0.25) is 5.79 Å².